The van der Waals surface area contributed by atoms with Gasteiger partial charge in [-0.2, -0.15) is 0 Å². The molecule has 2 aromatic rings. The average Bonchev–Trinajstić information content (AvgIpc) is 3.27. The van der Waals surface area contributed by atoms with Gasteiger partial charge >= 0.3 is 5.97 Å². The summed E-state index contributed by atoms with van der Waals surface area (Å²) in [5.74, 6) is -0.323. The van der Waals surface area contributed by atoms with Gasteiger partial charge in [0.05, 0.1) is 31.3 Å². The molecule has 32 heavy (non-hydrogen) atoms. The van der Waals surface area contributed by atoms with Gasteiger partial charge in [-0.05, 0) is 18.2 Å². The number of methoxy groups -OCH3 is 2. The molecular weight excluding hydrogens is 442 g/mol. The largest absolute Gasteiger partial charge is 0.493 e. The molecule has 0 radical (unpaired) electrons. The molecule has 1 heterocycles. The van der Waals surface area contributed by atoms with Gasteiger partial charge in [-0.3, -0.25) is 0 Å². The van der Waals surface area contributed by atoms with E-state index in [0.717, 1.165) is 0 Å². The Hall–Kier alpha value is -3.02. The van der Waals surface area contributed by atoms with Crippen LogP contribution in [0.25, 0.3) is 0 Å². The fourth-order valence-corrected chi connectivity index (χ4v) is 5.53. The highest BCUT2D eigenvalue weighted by atomic mass is 32.2. The first-order valence-electron chi connectivity index (χ1n) is 9.81. The maximum absolute atomic E-state index is 13.1. The van der Waals surface area contributed by atoms with Gasteiger partial charge in [-0.1, -0.05) is 12.1 Å². The highest BCUT2D eigenvalue weighted by Crippen LogP contribution is 2.51. The molecule has 0 bridgehead atoms. The second-order valence-corrected chi connectivity index (χ2v) is 9.22. The van der Waals surface area contributed by atoms with Gasteiger partial charge in [0.25, 0.3) is 0 Å². The van der Waals surface area contributed by atoms with Crippen LogP contribution in [-0.2, 0) is 14.8 Å². The highest BCUT2D eigenvalue weighted by Gasteiger charge is 2.51. The van der Waals surface area contributed by atoms with Crippen molar-refractivity contribution in [2.24, 2.45) is 0 Å². The van der Waals surface area contributed by atoms with E-state index in [1.165, 1.54) is 32.4 Å². The van der Waals surface area contributed by atoms with Crippen molar-refractivity contribution in [3.8, 4) is 23.0 Å². The predicted octanol–water partition coefficient (Wildman–Crippen LogP) is 1.12. The maximum Gasteiger partial charge on any atom is 0.341 e. The number of sulfonamides is 1. The van der Waals surface area contributed by atoms with Gasteiger partial charge in [-0.25, -0.2) is 17.9 Å². The lowest BCUT2D eigenvalue weighted by Crippen LogP contribution is -2.43. The van der Waals surface area contributed by atoms with Crippen molar-refractivity contribution in [2.45, 2.75) is 35.5 Å². The van der Waals surface area contributed by atoms with Crippen molar-refractivity contribution >= 4 is 16.0 Å². The molecule has 1 saturated carbocycles. The third-order valence-corrected chi connectivity index (χ3v) is 7.08. The molecule has 0 saturated heterocycles. The van der Waals surface area contributed by atoms with Gasteiger partial charge in [-0.15, -0.1) is 0 Å². The predicted molar refractivity (Wildman–Crippen MR) is 111 cm³/mol. The van der Waals surface area contributed by atoms with Crippen LogP contribution in [0.4, 0.5) is 0 Å². The summed E-state index contributed by atoms with van der Waals surface area (Å²) in [4.78, 5) is 10.8. The van der Waals surface area contributed by atoms with E-state index in [4.69, 9.17) is 24.1 Å². The number of hydrogen-bond acceptors (Lipinski definition) is 8. The molecule has 2 aromatic carbocycles. The second-order valence-electron chi connectivity index (χ2n) is 7.51. The first kappa shape index (κ1) is 22.2. The van der Waals surface area contributed by atoms with E-state index in [1.54, 1.807) is 18.2 Å². The summed E-state index contributed by atoms with van der Waals surface area (Å²) < 4.78 is 50.4. The van der Waals surface area contributed by atoms with Gasteiger partial charge in [0.15, 0.2) is 29.6 Å². The molecular formula is C21H23NO9S. The normalized spacial score (nSPS) is 23.7. The van der Waals surface area contributed by atoms with Crippen LogP contribution in [0, 0.1) is 0 Å². The quantitative estimate of drug-likeness (QED) is 0.523. The number of fused-ring (bicyclic) bond motifs is 3. The van der Waals surface area contributed by atoms with Crippen LogP contribution in [0.15, 0.2) is 41.3 Å². The number of ether oxygens (including phenoxy) is 4. The highest BCUT2D eigenvalue weighted by molar-refractivity contribution is 7.89. The van der Waals surface area contributed by atoms with E-state index in [1.807, 2.05) is 0 Å². The fourth-order valence-electron chi connectivity index (χ4n) is 4.23. The molecule has 0 amide bonds. The van der Waals surface area contributed by atoms with Gasteiger partial charge < -0.3 is 29.2 Å². The van der Waals surface area contributed by atoms with Crippen LogP contribution < -0.4 is 23.7 Å². The van der Waals surface area contributed by atoms with Crippen molar-refractivity contribution in [2.75, 3.05) is 20.8 Å². The number of rotatable bonds is 8. The molecule has 0 spiro atoms. The summed E-state index contributed by atoms with van der Waals surface area (Å²) in [6, 6.07) is 8.38. The zero-order chi connectivity index (χ0) is 23.0. The van der Waals surface area contributed by atoms with E-state index in [9.17, 15) is 18.3 Å². The average molecular weight is 465 g/mol. The van der Waals surface area contributed by atoms with Gasteiger partial charge in [0, 0.05) is 24.0 Å². The topological polar surface area (TPSA) is 141 Å². The van der Waals surface area contributed by atoms with Crippen molar-refractivity contribution in [1.29, 1.82) is 0 Å². The number of nitrogens with one attached hydrogen (secondary N) is 1. The number of hydrogen-bond donors (Lipinski definition) is 3. The Morgan fingerprint density at radius 1 is 1.16 bits per heavy atom. The van der Waals surface area contributed by atoms with Crippen molar-refractivity contribution in [3.05, 3.63) is 42.0 Å². The molecule has 1 aliphatic heterocycles. The number of aliphatic hydroxyl groups is 1. The summed E-state index contributed by atoms with van der Waals surface area (Å²) in [7, 11) is -1.16. The molecule has 3 N–H and O–H groups in total. The molecule has 4 atom stereocenters. The van der Waals surface area contributed by atoms with Crippen molar-refractivity contribution < 1.29 is 42.4 Å². The summed E-state index contributed by atoms with van der Waals surface area (Å²) in [5, 5.41) is 19.5. The molecule has 10 nitrogen and oxygen atoms in total. The first-order valence-corrected chi connectivity index (χ1v) is 11.3. The summed E-state index contributed by atoms with van der Waals surface area (Å²) in [6.45, 7) is -0.535. The Morgan fingerprint density at radius 3 is 2.59 bits per heavy atom. The van der Waals surface area contributed by atoms with Crippen LogP contribution >= 0.6 is 0 Å². The van der Waals surface area contributed by atoms with Crippen LogP contribution in [0.3, 0.4) is 0 Å². The Morgan fingerprint density at radius 2 is 1.91 bits per heavy atom. The maximum atomic E-state index is 13.1. The minimum atomic E-state index is -4.02. The second kappa shape index (κ2) is 8.49. The molecule has 4 rings (SSSR count). The number of carboxylic acid groups (broad SMARTS) is 1. The Balaban J connectivity index is 1.62. The van der Waals surface area contributed by atoms with E-state index >= 15 is 0 Å². The smallest absolute Gasteiger partial charge is 0.341 e. The summed E-state index contributed by atoms with van der Waals surface area (Å²) >= 11 is 0. The van der Waals surface area contributed by atoms with E-state index in [-0.39, 0.29) is 22.8 Å². The lowest BCUT2D eigenvalue weighted by molar-refractivity contribution is -0.139. The third-order valence-electron chi connectivity index (χ3n) is 5.62. The Bertz CT molecular complexity index is 1130. The minimum Gasteiger partial charge on any atom is -0.493 e. The number of carboxylic acids is 1. The van der Waals surface area contributed by atoms with Crippen LogP contribution in [0.5, 0.6) is 23.0 Å². The van der Waals surface area contributed by atoms with E-state index < -0.39 is 46.8 Å². The van der Waals surface area contributed by atoms with Gasteiger partial charge in [0.1, 0.15) is 6.10 Å². The Kier molecular flexibility index (Phi) is 5.89. The van der Waals surface area contributed by atoms with E-state index in [0.29, 0.717) is 17.1 Å². The van der Waals surface area contributed by atoms with Gasteiger partial charge in [0.2, 0.25) is 10.0 Å². The fraction of sp³-hybridized carbons (Fsp3) is 0.381. The molecule has 1 aliphatic carbocycles. The van der Waals surface area contributed by atoms with Crippen LogP contribution in [-0.4, -0.2) is 63.7 Å². The minimum absolute atomic E-state index is 0.0384. The molecule has 1 fully saturated rings. The number of aliphatic carboxylic acids is 1. The molecule has 11 heteroatoms. The van der Waals surface area contributed by atoms with Crippen molar-refractivity contribution in [3.63, 3.8) is 0 Å². The number of carbonyl (C=O) groups is 1. The number of para-hydroxylation sites is 1. The summed E-state index contributed by atoms with van der Waals surface area (Å²) in [6.07, 6.45) is -1.25. The Labute approximate surface area is 184 Å². The zero-order valence-electron chi connectivity index (χ0n) is 17.3. The molecule has 2 aliphatic rings. The molecule has 0 aromatic heterocycles. The van der Waals surface area contributed by atoms with E-state index in [2.05, 4.69) is 4.72 Å². The number of benzene rings is 2. The lowest BCUT2D eigenvalue weighted by Gasteiger charge is -2.22. The molecule has 4 unspecified atom stereocenters. The zero-order valence-corrected chi connectivity index (χ0v) is 18.2. The molecule has 172 valence electrons. The number of aliphatic hydroxyl groups excluding tert-OH is 1. The monoisotopic (exact) mass is 465 g/mol. The standard InChI is InChI=1S/C21H23NO9S/c1-28-14-7-6-11(8-16(14)29-2)32(26,27)22-20-13(23)9-17-19(20)12-4-3-5-15(21(12)31-17)30-10-18(24)25/h3-8,13,17,19-20,22-23H,9-10H2,1-2H3,(H,24,25). The van der Waals surface area contributed by atoms with Crippen molar-refractivity contribution in [1.82, 2.24) is 4.72 Å². The van der Waals surface area contributed by atoms with Crippen LogP contribution in [0.2, 0.25) is 0 Å². The SMILES string of the molecule is COc1ccc(S(=O)(=O)NC2C(O)CC3Oc4c(OCC(=O)O)cccc4C32)cc1OC. The summed E-state index contributed by atoms with van der Waals surface area (Å²) in [5.41, 5.74) is 0.648. The third kappa shape index (κ3) is 3.94. The van der Waals surface area contributed by atoms with Crippen LogP contribution in [0.1, 0.15) is 17.9 Å². The first-order chi connectivity index (χ1) is 15.2. The lowest BCUT2D eigenvalue weighted by atomic mass is 9.94.